The molecule has 3 rings (SSSR count). The van der Waals surface area contributed by atoms with Crippen molar-refractivity contribution in [3.63, 3.8) is 0 Å². The number of likely N-dealkylation sites (N-methyl/N-ethyl adjacent to an activating group) is 2. The summed E-state index contributed by atoms with van der Waals surface area (Å²) in [5.41, 5.74) is 3.35. The molecule has 1 aromatic heterocycles. The largest absolute Gasteiger partial charge is 0.358 e. The molecule has 8 heteroatoms. The molecule has 0 radical (unpaired) electrons. The molecule has 0 aliphatic carbocycles. The van der Waals surface area contributed by atoms with Gasteiger partial charge in [-0.25, -0.2) is 4.98 Å². The standard InChI is InChI=1S/C24H27N5O3/c1-17-15-23(28(4)14-13-27(2)3)26-22-11-8-19(16-21(17)22)25-24(30)12-7-18-5-9-20(10-6-18)29(31)32/h5-12,15-16H,13-14H2,1-4H3,(H,25,30). The topological polar surface area (TPSA) is 91.6 Å². The number of fused-ring (bicyclic) bond motifs is 1. The quantitative estimate of drug-likeness (QED) is 0.327. The number of rotatable bonds is 8. The van der Waals surface area contributed by atoms with E-state index >= 15 is 0 Å². The second-order valence-corrected chi connectivity index (χ2v) is 7.93. The molecule has 2 aromatic carbocycles. The molecule has 0 aliphatic rings. The van der Waals surface area contributed by atoms with Crippen molar-refractivity contribution in [2.75, 3.05) is 44.4 Å². The first-order valence-electron chi connectivity index (χ1n) is 10.2. The van der Waals surface area contributed by atoms with E-state index in [0.29, 0.717) is 11.3 Å². The molecular formula is C24H27N5O3. The number of non-ortho nitro benzene ring substituents is 1. The van der Waals surface area contributed by atoms with E-state index < -0.39 is 4.92 Å². The average Bonchev–Trinajstić information content (AvgIpc) is 2.76. The van der Waals surface area contributed by atoms with Crippen LogP contribution in [-0.4, -0.2) is 54.9 Å². The second-order valence-electron chi connectivity index (χ2n) is 7.93. The lowest BCUT2D eigenvalue weighted by atomic mass is 10.1. The predicted molar refractivity (Wildman–Crippen MR) is 129 cm³/mol. The number of aromatic nitrogens is 1. The highest BCUT2D eigenvalue weighted by atomic mass is 16.6. The van der Waals surface area contributed by atoms with Crippen molar-refractivity contribution in [3.05, 3.63) is 75.8 Å². The Labute approximate surface area is 187 Å². The van der Waals surface area contributed by atoms with Gasteiger partial charge in [0.25, 0.3) is 5.69 Å². The number of nitrogens with one attached hydrogen (secondary N) is 1. The molecule has 0 spiro atoms. The Bertz CT molecular complexity index is 1160. The van der Waals surface area contributed by atoms with Crippen molar-refractivity contribution in [2.45, 2.75) is 6.92 Å². The Hall–Kier alpha value is -3.78. The molecule has 1 amide bonds. The van der Waals surface area contributed by atoms with E-state index in [-0.39, 0.29) is 11.6 Å². The Balaban J connectivity index is 1.71. The molecule has 0 fully saturated rings. The van der Waals surface area contributed by atoms with E-state index in [0.717, 1.165) is 35.4 Å². The molecule has 1 N–H and O–H groups in total. The lowest BCUT2D eigenvalue weighted by Gasteiger charge is -2.21. The zero-order chi connectivity index (χ0) is 23.3. The van der Waals surface area contributed by atoms with Crippen molar-refractivity contribution in [1.29, 1.82) is 0 Å². The van der Waals surface area contributed by atoms with Gasteiger partial charge in [0.15, 0.2) is 0 Å². The summed E-state index contributed by atoms with van der Waals surface area (Å²) in [6, 6.07) is 13.7. The summed E-state index contributed by atoms with van der Waals surface area (Å²) in [7, 11) is 6.12. The summed E-state index contributed by atoms with van der Waals surface area (Å²) in [4.78, 5) is 31.6. The van der Waals surface area contributed by atoms with Gasteiger partial charge in [0.2, 0.25) is 5.91 Å². The molecule has 0 saturated carbocycles. The number of nitrogens with zero attached hydrogens (tertiary/aromatic N) is 4. The number of nitro groups is 1. The van der Waals surface area contributed by atoms with Gasteiger partial charge in [-0.15, -0.1) is 0 Å². The summed E-state index contributed by atoms with van der Waals surface area (Å²) in [5, 5.41) is 14.6. The highest BCUT2D eigenvalue weighted by Gasteiger charge is 2.09. The van der Waals surface area contributed by atoms with Crippen LogP contribution < -0.4 is 10.2 Å². The molecule has 32 heavy (non-hydrogen) atoms. The van der Waals surface area contributed by atoms with Gasteiger partial charge in [0.1, 0.15) is 5.82 Å². The summed E-state index contributed by atoms with van der Waals surface area (Å²) in [6.07, 6.45) is 3.02. The van der Waals surface area contributed by atoms with Gasteiger partial charge in [-0.3, -0.25) is 14.9 Å². The maximum absolute atomic E-state index is 12.3. The smallest absolute Gasteiger partial charge is 0.269 e. The van der Waals surface area contributed by atoms with E-state index in [9.17, 15) is 14.9 Å². The summed E-state index contributed by atoms with van der Waals surface area (Å²) in [6.45, 7) is 3.85. The normalized spacial score (nSPS) is 11.3. The average molecular weight is 434 g/mol. The lowest BCUT2D eigenvalue weighted by molar-refractivity contribution is -0.384. The molecule has 0 atom stereocenters. The number of hydrogen-bond acceptors (Lipinski definition) is 6. The number of carbonyl (C=O) groups is 1. The van der Waals surface area contributed by atoms with Crippen LogP contribution in [0.1, 0.15) is 11.1 Å². The van der Waals surface area contributed by atoms with Crippen LogP contribution in [0.3, 0.4) is 0 Å². The Morgan fingerprint density at radius 2 is 1.81 bits per heavy atom. The van der Waals surface area contributed by atoms with Gasteiger partial charge in [0, 0.05) is 49.4 Å². The number of aryl methyl sites for hydroxylation is 1. The zero-order valence-electron chi connectivity index (χ0n) is 18.7. The predicted octanol–water partition coefficient (Wildman–Crippen LogP) is 4.10. The highest BCUT2D eigenvalue weighted by molar-refractivity contribution is 6.03. The summed E-state index contributed by atoms with van der Waals surface area (Å²) < 4.78 is 0. The fraction of sp³-hybridized carbons (Fsp3) is 0.250. The first kappa shape index (κ1) is 22.9. The van der Waals surface area contributed by atoms with Crippen LogP contribution in [0.5, 0.6) is 0 Å². The van der Waals surface area contributed by atoms with Gasteiger partial charge < -0.3 is 15.1 Å². The number of amides is 1. The lowest BCUT2D eigenvalue weighted by Crippen LogP contribution is -2.29. The van der Waals surface area contributed by atoms with Crippen molar-refractivity contribution < 1.29 is 9.72 Å². The van der Waals surface area contributed by atoms with Crippen LogP contribution in [0, 0.1) is 17.0 Å². The van der Waals surface area contributed by atoms with Crippen LogP contribution >= 0.6 is 0 Å². The van der Waals surface area contributed by atoms with Crippen molar-refractivity contribution in [2.24, 2.45) is 0 Å². The maximum atomic E-state index is 12.3. The highest BCUT2D eigenvalue weighted by Crippen LogP contribution is 2.25. The molecular weight excluding hydrogens is 406 g/mol. The Morgan fingerprint density at radius 3 is 2.47 bits per heavy atom. The first-order chi connectivity index (χ1) is 15.2. The monoisotopic (exact) mass is 433 g/mol. The van der Waals surface area contributed by atoms with E-state index in [1.165, 1.54) is 18.2 Å². The number of benzene rings is 2. The van der Waals surface area contributed by atoms with Crippen molar-refractivity contribution in [1.82, 2.24) is 9.88 Å². The van der Waals surface area contributed by atoms with Gasteiger partial charge in [-0.1, -0.05) is 0 Å². The number of pyridine rings is 1. The SMILES string of the molecule is Cc1cc(N(C)CCN(C)C)nc2ccc(NC(=O)C=Cc3ccc([N+](=O)[O-])cc3)cc12. The minimum absolute atomic E-state index is 0.0128. The Morgan fingerprint density at radius 1 is 1.09 bits per heavy atom. The van der Waals surface area contributed by atoms with E-state index in [2.05, 4.69) is 21.2 Å². The third-order valence-electron chi connectivity index (χ3n) is 5.07. The van der Waals surface area contributed by atoms with Crippen LogP contribution in [-0.2, 0) is 4.79 Å². The van der Waals surface area contributed by atoms with Crippen LogP contribution in [0.15, 0.2) is 54.6 Å². The zero-order valence-corrected chi connectivity index (χ0v) is 18.7. The third kappa shape index (κ3) is 5.89. The molecule has 0 bridgehead atoms. The summed E-state index contributed by atoms with van der Waals surface area (Å²) >= 11 is 0. The van der Waals surface area contributed by atoms with Gasteiger partial charge in [0.05, 0.1) is 10.4 Å². The molecule has 0 unspecified atom stereocenters. The molecule has 166 valence electrons. The third-order valence-corrected chi connectivity index (χ3v) is 5.07. The number of anilines is 2. The van der Waals surface area contributed by atoms with E-state index in [1.54, 1.807) is 18.2 Å². The van der Waals surface area contributed by atoms with Gasteiger partial charge in [-0.05, 0) is 74.6 Å². The maximum Gasteiger partial charge on any atom is 0.269 e. The van der Waals surface area contributed by atoms with Gasteiger partial charge in [-0.2, -0.15) is 0 Å². The van der Waals surface area contributed by atoms with Crippen LogP contribution in [0.2, 0.25) is 0 Å². The molecule has 0 aliphatic heterocycles. The number of carbonyl (C=O) groups excluding carboxylic acids is 1. The van der Waals surface area contributed by atoms with E-state index in [4.69, 9.17) is 4.98 Å². The van der Waals surface area contributed by atoms with Gasteiger partial charge >= 0.3 is 0 Å². The number of nitro benzene ring substituents is 1. The fourth-order valence-electron chi connectivity index (χ4n) is 3.18. The fourth-order valence-corrected chi connectivity index (χ4v) is 3.18. The van der Waals surface area contributed by atoms with E-state index in [1.807, 2.05) is 46.3 Å². The minimum Gasteiger partial charge on any atom is -0.358 e. The first-order valence-corrected chi connectivity index (χ1v) is 10.2. The van der Waals surface area contributed by atoms with Crippen LogP contribution in [0.4, 0.5) is 17.2 Å². The molecule has 1 heterocycles. The van der Waals surface area contributed by atoms with Crippen molar-refractivity contribution >= 4 is 40.1 Å². The number of hydrogen-bond donors (Lipinski definition) is 1. The van der Waals surface area contributed by atoms with Crippen molar-refractivity contribution in [3.8, 4) is 0 Å². The molecule has 8 nitrogen and oxygen atoms in total. The second kappa shape index (κ2) is 10.0. The molecule has 3 aromatic rings. The molecule has 0 saturated heterocycles. The van der Waals surface area contributed by atoms with Crippen LogP contribution in [0.25, 0.3) is 17.0 Å². The minimum atomic E-state index is -0.457. The summed E-state index contributed by atoms with van der Waals surface area (Å²) in [5.74, 6) is 0.632. The Kier molecular flexibility index (Phi) is 7.17.